The van der Waals surface area contributed by atoms with E-state index in [2.05, 4.69) is 73.0 Å². The van der Waals surface area contributed by atoms with Crippen LogP contribution in [0.2, 0.25) is 0 Å². The third-order valence-electron chi connectivity index (χ3n) is 12.5. The average Bonchev–Trinajstić information content (AvgIpc) is 3.30. The van der Waals surface area contributed by atoms with Gasteiger partial charge < -0.3 is 19.8 Å². The molecule has 0 aromatic heterocycles. The average molecular weight is 975 g/mol. The number of hydrogen-bond acceptors (Lipinski definition) is 5. The van der Waals surface area contributed by atoms with Crippen molar-refractivity contribution < 1.29 is 32.9 Å². The number of nitrogens with zero attached hydrogens (tertiary/aromatic N) is 1. The zero-order chi connectivity index (χ0) is 49.9. The maximum absolute atomic E-state index is 12.9. The molecule has 0 spiro atoms. The van der Waals surface area contributed by atoms with Crippen molar-refractivity contribution in [2.24, 2.45) is 0 Å². The minimum atomic E-state index is -4.35. The van der Waals surface area contributed by atoms with Gasteiger partial charge in [-0.1, -0.05) is 234 Å². The first-order valence-electron chi connectivity index (χ1n) is 28.3. The van der Waals surface area contributed by atoms with Gasteiger partial charge in [0.25, 0.3) is 0 Å². The van der Waals surface area contributed by atoms with Gasteiger partial charge in [-0.05, 0) is 77.6 Å². The molecule has 0 radical (unpaired) electrons. The summed E-state index contributed by atoms with van der Waals surface area (Å²) in [6.07, 6.45) is 69.2. The topological polar surface area (TPSA) is 105 Å². The Bertz CT molecular complexity index is 1330. The van der Waals surface area contributed by atoms with Gasteiger partial charge in [0, 0.05) is 6.42 Å². The predicted molar refractivity (Wildman–Crippen MR) is 295 cm³/mol. The number of carbonyl (C=O) groups is 1. The highest BCUT2D eigenvalue weighted by atomic mass is 31.2. The molecule has 0 rings (SSSR count). The van der Waals surface area contributed by atoms with Crippen molar-refractivity contribution in [2.45, 2.75) is 257 Å². The Morgan fingerprint density at radius 3 is 1.35 bits per heavy atom. The van der Waals surface area contributed by atoms with E-state index in [1.807, 2.05) is 34.1 Å². The van der Waals surface area contributed by atoms with Crippen molar-refractivity contribution in [2.75, 3.05) is 40.9 Å². The van der Waals surface area contributed by atoms with Crippen LogP contribution in [-0.2, 0) is 18.4 Å². The zero-order valence-electron chi connectivity index (χ0n) is 45.1. The Labute approximate surface area is 421 Å². The second kappa shape index (κ2) is 49.9. The summed E-state index contributed by atoms with van der Waals surface area (Å²) in [5.41, 5.74) is 0. The van der Waals surface area contributed by atoms with Gasteiger partial charge in [0.1, 0.15) is 13.2 Å². The van der Waals surface area contributed by atoms with Gasteiger partial charge in [0.2, 0.25) is 5.91 Å². The fourth-order valence-electron chi connectivity index (χ4n) is 8.03. The van der Waals surface area contributed by atoms with Gasteiger partial charge in [0.05, 0.1) is 39.9 Å². The molecule has 0 saturated heterocycles. The van der Waals surface area contributed by atoms with Crippen LogP contribution < -0.4 is 5.32 Å². The Morgan fingerprint density at radius 1 is 0.529 bits per heavy atom. The number of quaternary nitrogens is 1. The van der Waals surface area contributed by atoms with E-state index in [0.717, 1.165) is 57.8 Å². The molecule has 0 aliphatic carbocycles. The van der Waals surface area contributed by atoms with Gasteiger partial charge >= 0.3 is 7.82 Å². The molecule has 3 atom stereocenters. The normalized spacial score (nSPS) is 14.5. The number of allylic oxidation sites excluding steroid dienone is 11. The summed E-state index contributed by atoms with van der Waals surface area (Å²) in [7, 11) is 1.54. The van der Waals surface area contributed by atoms with E-state index in [0.29, 0.717) is 17.4 Å². The number of rotatable bonds is 51. The quantitative estimate of drug-likeness (QED) is 0.0243. The molecule has 0 aromatic carbocycles. The number of hydrogen-bond donors (Lipinski definition) is 3. The van der Waals surface area contributed by atoms with Crippen LogP contribution >= 0.6 is 7.82 Å². The van der Waals surface area contributed by atoms with Crippen molar-refractivity contribution in [1.29, 1.82) is 0 Å². The fourth-order valence-corrected chi connectivity index (χ4v) is 8.77. The molecule has 0 heterocycles. The van der Waals surface area contributed by atoms with Crippen LogP contribution in [0.1, 0.15) is 245 Å². The molecule has 0 bridgehead atoms. The van der Waals surface area contributed by atoms with Crippen molar-refractivity contribution in [3.8, 4) is 0 Å². The molecule has 9 heteroatoms. The van der Waals surface area contributed by atoms with Gasteiger partial charge in [-0.25, -0.2) is 4.57 Å². The highest BCUT2D eigenvalue weighted by Crippen LogP contribution is 2.43. The molecule has 0 aliphatic rings. The summed E-state index contributed by atoms with van der Waals surface area (Å²) in [4.78, 5) is 23.1. The fraction of sp³-hybridized carbons (Fsp3) is 0.780. The molecular formula is C59H110N2O6P+. The van der Waals surface area contributed by atoms with Crippen LogP contribution in [0.5, 0.6) is 0 Å². The zero-order valence-corrected chi connectivity index (χ0v) is 46.0. The number of phosphoric ester groups is 1. The number of phosphoric acid groups is 1. The molecule has 3 unspecified atom stereocenters. The van der Waals surface area contributed by atoms with Crippen molar-refractivity contribution >= 4 is 13.7 Å². The first-order chi connectivity index (χ1) is 33.0. The van der Waals surface area contributed by atoms with E-state index in [1.54, 1.807) is 6.08 Å². The lowest BCUT2D eigenvalue weighted by Gasteiger charge is -2.25. The van der Waals surface area contributed by atoms with Crippen molar-refractivity contribution in [3.63, 3.8) is 0 Å². The largest absolute Gasteiger partial charge is 0.472 e. The standard InChI is InChI=1S/C59H109N2O6P/c1-6-8-10-12-14-16-17-18-19-20-21-22-23-24-25-26-27-28-29-30-31-32-33-34-35-36-37-38-39-40-41-42-43-45-47-49-51-53-59(63)60-57(56-67-68(64,65)66-55-54-61(3,4)5)58(62)52-50-48-46-44-15-13-11-9-7-2/h7,9,15,17-18,20-21,23-24,44,50,52,57-58,62H,6,8,10-14,16,19,22,25-43,45-49,51,53-56H2,1-5H3,(H-,60,63,64,65)/p+1/b9-7+,18-17-,21-20-,24-23-,44-15+,52-50+. The first-order valence-corrected chi connectivity index (χ1v) is 29.8. The highest BCUT2D eigenvalue weighted by Gasteiger charge is 2.27. The van der Waals surface area contributed by atoms with Gasteiger partial charge in [-0.2, -0.15) is 0 Å². The van der Waals surface area contributed by atoms with Gasteiger partial charge in [-0.3, -0.25) is 13.8 Å². The van der Waals surface area contributed by atoms with E-state index in [9.17, 15) is 19.4 Å². The summed E-state index contributed by atoms with van der Waals surface area (Å²) in [5, 5.41) is 13.8. The molecular weight excluding hydrogens is 864 g/mol. The number of likely N-dealkylation sites (N-methyl/N-ethyl adjacent to an activating group) is 1. The molecule has 0 fully saturated rings. The number of unbranched alkanes of at least 4 members (excludes halogenated alkanes) is 29. The molecule has 0 aromatic rings. The first kappa shape index (κ1) is 65.9. The maximum atomic E-state index is 12.9. The lowest BCUT2D eigenvalue weighted by Crippen LogP contribution is -2.45. The summed E-state index contributed by atoms with van der Waals surface area (Å²) >= 11 is 0. The molecule has 3 N–H and O–H groups in total. The van der Waals surface area contributed by atoms with E-state index >= 15 is 0 Å². The van der Waals surface area contributed by atoms with Crippen LogP contribution in [0, 0.1) is 0 Å². The van der Waals surface area contributed by atoms with Crippen molar-refractivity contribution in [3.05, 3.63) is 72.9 Å². The van der Waals surface area contributed by atoms with Gasteiger partial charge in [0.15, 0.2) is 0 Å². The van der Waals surface area contributed by atoms with E-state index < -0.39 is 20.0 Å². The van der Waals surface area contributed by atoms with E-state index in [1.165, 1.54) is 167 Å². The second-order valence-corrected chi connectivity index (χ2v) is 21.8. The number of nitrogens with one attached hydrogen (secondary N) is 1. The minimum absolute atomic E-state index is 0.0521. The predicted octanol–water partition coefficient (Wildman–Crippen LogP) is 17.1. The summed E-state index contributed by atoms with van der Waals surface area (Å²) in [6.45, 7) is 4.54. The molecule has 68 heavy (non-hydrogen) atoms. The molecule has 8 nitrogen and oxygen atoms in total. The number of aliphatic hydroxyl groups is 1. The minimum Gasteiger partial charge on any atom is -0.387 e. The van der Waals surface area contributed by atoms with Gasteiger partial charge in [-0.15, -0.1) is 0 Å². The van der Waals surface area contributed by atoms with E-state index in [4.69, 9.17) is 9.05 Å². The molecule has 0 saturated carbocycles. The number of aliphatic hydroxyl groups excluding tert-OH is 1. The summed E-state index contributed by atoms with van der Waals surface area (Å²) in [5.74, 6) is -0.193. The lowest BCUT2D eigenvalue weighted by atomic mass is 10.0. The van der Waals surface area contributed by atoms with Crippen LogP contribution in [0.4, 0.5) is 0 Å². The highest BCUT2D eigenvalue weighted by molar-refractivity contribution is 7.47. The van der Waals surface area contributed by atoms with Crippen LogP contribution in [0.25, 0.3) is 0 Å². The van der Waals surface area contributed by atoms with Crippen LogP contribution in [-0.4, -0.2) is 73.4 Å². The lowest BCUT2D eigenvalue weighted by molar-refractivity contribution is -0.870. The Balaban J connectivity index is 3.87. The smallest absolute Gasteiger partial charge is 0.387 e. The van der Waals surface area contributed by atoms with Crippen LogP contribution in [0.15, 0.2) is 72.9 Å². The Morgan fingerprint density at radius 2 is 0.912 bits per heavy atom. The Hall–Kier alpha value is -2.06. The summed E-state index contributed by atoms with van der Waals surface area (Å²) < 4.78 is 23.5. The maximum Gasteiger partial charge on any atom is 0.472 e. The molecule has 1 amide bonds. The van der Waals surface area contributed by atoms with Crippen molar-refractivity contribution in [1.82, 2.24) is 5.32 Å². The number of amides is 1. The Kier molecular flexibility index (Phi) is 48.4. The third-order valence-corrected chi connectivity index (χ3v) is 13.5. The molecule has 396 valence electrons. The van der Waals surface area contributed by atoms with Crippen LogP contribution in [0.3, 0.4) is 0 Å². The number of carbonyl (C=O) groups excluding carboxylic acids is 1. The SMILES string of the molecule is C/C=C/CC/C=C/CC/C=C/C(O)C(COP(=O)(O)OCC[N+](C)(C)C)NC(=O)CCCCCCCCCCCCCCCCCCCCCCCC/C=C\C/C=C\C/C=C\CCCCCCC. The second-order valence-electron chi connectivity index (χ2n) is 20.3. The third kappa shape index (κ3) is 51.8. The monoisotopic (exact) mass is 974 g/mol. The summed E-state index contributed by atoms with van der Waals surface area (Å²) in [6, 6.07) is -0.868. The van der Waals surface area contributed by atoms with E-state index in [-0.39, 0.29) is 19.1 Å². The molecule has 0 aliphatic heterocycles.